The standard InChI is InChI=1S/C22H24N10O4/c1-9-13(25-15-17(23-9)29(5)21(35)31(7)19(15)33)11(3)27-28-12(4)14-10(2)24-18-16(26-14)20(34)32(8)22(36)30(18)6/h1-8H3/b27-11+,28-12+. The topological polar surface area (TPSA) is 164 Å². The Hall–Kier alpha value is -4.62. The number of hydrogen-bond donors (Lipinski definition) is 0. The molecule has 186 valence electrons. The molecule has 0 atom stereocenters. The normalized spacial score (nSPS) is 12.7. The highest BCUT2D eigenvalue weighted by Gasteiger charge is 2.17. The van der Waals surface area contributed by atoms with E-state index in [9.17, 15) is 19.2 Å². The van der Waals surface area contributed by atoms with Gasteiger partial charge in [0.2, 0.25) is 0 Å². The van der Waals surface area contributed by atoms with Crippen LogP contribution in [0.1, 0.15) is 36.6 Å². The number of aromatic nitrogens is 8. The summed E-state index contributed by atoms with van der Waals surface area (Å²) in [5.41, 5.74) is 0.675. The van der Waals surface area contributed by atoms with Gasteiger partial charge < -0.3 is 0 Å². The van der Waals surface area contributed by atoms with Crippen molar-refractivity contribution < 1.29 is 0 Å². The predicted molar refractivity (Wildman–Crippen MR) is 134 cm³/mol. The fourth-order valence-electron chi connectivity index (χ4n) is 3.82. The van der Waals surface area contributed by atoms with Gasteiger partial charge in [0, 0.05) is 28.2 Å². The summed E-state index contributed by atoms with van der Waals surface area (Å²) in [6.45, 7) is 6.71. The quantitative estimate of drug-likeness (QED) is 0.265. The van der Waals surface area contributed by atoms with E-state index in [1.54, 1.807) is 27.7 Å². The van der Waals surface area contributed by atoms with Gasteiger partial charge in [-0.1, -0.05) is 0 Å². The van der Waals surface area contributed by atoms with Crippen LogP contribution in [0.4, 0.5) is 0 Å². The minimum absolute atomic E-state index is 0.0353. The van der Waals surface area contributed by atoms with Crippen LogP contribution in [0.3, 0.4) is 0 Å². The van der Waals surface area contributed by atoms with Gasteiger partial charge in [-0.2, -0.15) is 10.2 Å². The van der Waals surface area contributed by atoms with Crippen molar-refractivity contribution in [3.8, 4) is 0 Å². The minimum Gasteiger partial charge on any atom is -0.279 e. The van der Waals surface area contributed by atoms with Crippen LogP contribution >= 0.6 is 0 Å². The van der Waals surface area contributed by atoms with E-state index in [2.05, 4.69) is 30.1 Å². The van der Waals surface area contributed by atoms with E-state index in [4.69, 9.17) is 0 Å². The SMILES string of the molecule is C/C(=N\N=C(/C)c1nc2c(=O)n(C)c(=O)n(C)c2nc1C)c1nc2c(=O)n(C)c(=O)n(C)c2nc1C. The summed E-state index contributed by atoms with van der Waals surface area (Å²) >= 11 is 0. The van der Waals surface area contributed by atoms with Gasteiger partial charge in [-0.3, -0.25) is 27.9 Å². The molecule has 4 heterocycles. The molecule has 4 aromatic rings. The summed E-state index contributed by atoms with van der Waals surface area (Å²) < 4.78 is 4.45. The van der Waals surface area contributed by atoms with Crippen molar-refractivity contribution in [2.45, 2.75) is 27.7 Å². The molecule has 0 aliphatic rings. The van der Waals surface area contributed by atoms with Gasteiger partial charge in [0.15, 0.2) is 22.3 Å². The van der Waals surface area contributed by atoms with Gasteiger partial charge in [-0.05, 0) is 27.7 Å². The number of hydrogen-bond acceptors (Lipinski definition) is 10. The van der Waals surface area contributed by atoms with Crippen molar-refractivity contribution in [2.75, 3.05) is 0 Å². The van der Waals surface area contributed by atoms with Crippen LogP contribution in [0.5, 0.6) is 0 Å². The molecule has 0 bridgehead atoms. The van der Waals surface area contributed by atoms with Gasteiger partial charge in [0.25, 0.3) is 11.1 Å². The summed E-state index contributed by atoms with van der Waals surface area (Å²) in [6.07, 6.45) is 0. The Kier molecular flexibility index (Phi) is 5.82. The van der Waals surface area contributed by atoms with Gasteiger partial charge in [0.1, 0.15) is 11.4 Å². The lowest BCUT2D eigenvalue weighted by atomic mass is 10.2. The molecular formula is C22H24N10O4. The zero-order chi connectivity index (χ0) is 26.6. The Morgan fingerprint density at radius 3 is 1.25 bits per heavy atom. The third kappa shape index (κ3) is 3.66. The summed E-state index contributed by atoms with van der Waals surface area (Å²) in [5.74, 6) is 0. The van der Waals surface area contributed by atoms with Crippen LogP contribution in [-0.2, 0) is 28.2 Å². The zero-order valence-electron chi connectivity index (χ0n) is 21.1. The molecule has 36 heavy (non-hydrogen) atoms. The molecule has 0 aromatic carbocycles. The first-order valence-electron chi connectivity index (χ1n) is 10.8. The van der Waals surface area contributed by atoms with Crippen LogP contribution in [0.25, 0.3) is 22.3 Å². The van der Waals surface area contributed by atoms with Gasteiger partial charge in [-0.25, -0.2) is 29.5 Å². The van der Waals surface area contributed by atoms with Crippen LogP contribution in [0.2, 0.25) is 0 Å². The van der Waals surface area contributed by atoms with Crippen LogP contribution in [0.15, 0.2) is 29.4 Å². The first kappa shape index (κ1) is 24.5. The number of rotatable bonds is 3. The van der Waals surface area contributed by atoms with E-state index < -0.39 is 22.5 Å². The molecule has 0 unspecified atom stereocenters. The Labute approximate surface area is 203 Å². The monoisotopic (exact) mass is 492 g/mol. The molecule has 0 spiro atoms. The third-order valence-electron chi connectivity index (χ3n) is 5.94. The summed E-state index contributed by atoms with van der Waals surface area (Å²) in [7, 11) is 5.78. The fraction of sp³-hybridized carbons (Fsp3) is 0.364. The molecule has 0 saturated carbocycles. The molecule has 0 radical (unpaired) electrons. The maximum absolute atomic E-state index is 12.6. The largest absolute Gasteiger partial charge is 0.332 e. The fourth-order valence-corrected chi connectivity index (χ4v) is 3.82. The molecule has 4 aromatic heterocycles. The van der Waals surface area contributed by atoms with E-state index in [0.717, 1.165) is 9.13 Å². The van der Waals surface area contributed by atoms with Crippen LogP contribution < -0.4 is 22.5 Å². The number of fused-ring (bicyclic) bond motifs is 2. The maximum Gasteiger partial charge on any atom is 0.332 e. The van der Waals surface area contributed by atoms with Crippen molar-refractivity contribution in [2.24, 2.45) is 38.4 Å². The molecule has 0 fully saturated rings. The average Bonchev–Trinajstić information content (AvgIpc) is 2.86. The van der Waals surface area contributed by atoms with E-state index in [1.165, 1.54) is 37.3 Å². The second kappa shape index (κ2) is 8.55. The zero-order valence-corrected chi connectivity index (χ0v) is 21.1. The second-order valence-corrected chi connectivity index (χ2v) is 8.44. The molecular weight excluding hydrogens is 468 g/mol. The summed E-state index contributed by atoms with van der Waals surface area (Å²) in [5, 5.41) is 8.48. The predicted octanol–water partition coefficient (Wildman–Crippen LogP) is -0.782. The van der Waals surface area contributed by atoms with Crippen molar-refractivity contribution in [1.29, 1.82) is 0 Å². The highest BCUT2D eigenvalue weighted by Crippen LogP contribution is 2.12. The molecule has 0 amide bonds. The Balaban J connectivity index is 1.85. The molecule has 14 heteroatoms. The second-order valence-electron chi connectivity index (χ2n) is 8.44. The molecule has 0 saturated heterocycles. The first-order valence-corrected chi connectivity index (χ1v) is 10.8. The number of aryl methyl sites for hydroxylation is 4. The molecule has 0 aliphatic carbocycles. The van der Waals surface area contributed by atoms with Crippen molar-refractivity contribution in [3.05, 3.63) is 64.5 Å². The van der Waals surface area contributed by atoms with Gasteiger partial charge in [0.05, 0.1) is 22.8 Å². The first-order chi connectivity index (χ1) is 16.8. The van der Waals surface area contributed by atoms with E-state index in [-0.39, 0.29) is 22.3 Å². The lowest BCUT2D eigenvalue weighted by Crippen LogP contribution is -2.38. The van der Waals surface area contributed by atoms with Crippen molar-refractivity contribution >= 4 is 33.8 Å². The average molecular weight is 493 g/mol. The Morgan fingerprint density at radius 1 is 0.583 bits per heavy atom. The molecule has 14 nitrogen and oxygen atoms in total. The van der Waals surface area contributed by atoms with Crippen LogP contribution in [0, 0.1) is 13.8 Å². The lowest BCUT2D eigenvalue weighted by Gasteiger charge is -2.10. The maximum atomic E-state index is 12.6. The minimum atomic E-state index is -0.563. The van der Waals surface area contributed by atoms with E-state index >= 15 is 0 Å². The summed E-state index contributed by atoms with van der Waals surface area (Å²) in [6, 6.07) is 0. The molecule has 0 aliphatic heterocycles. The van der Waals surface area contributed by atoms with Crippen molar-refractivity contribution in [1.82, 2.24) is 38.2 Å². The van der Waals surface area contributed by atoms with E-state index in [1.807, 2.05) is 0 Å². The number of nitrogens with zero attached hydrogens (tertiary/aromatic N) is 10. The summed E-state index contributed by atoms with van der Waals surface area (Å²) in [4.78, 5) is 67.2. The Bertz CT molecular complexity index is 1760. The van der Waals surface area contributed by atoms with E-state index in [0.29, 0.717) is 34.2 Å². The smallest absolute Gasteiger partial charge is 0.279 e. The highest BCUT2D eigenvalue weighted by atomic mass is 16.2. The Morgan fingerprint density at radius 2 is 0.917 bits per heavy atom. The van der Waals surface area contributed by atoms with Gasteiger partial charge in [-0.15, -0.1) is 0 Å². The molecule has 4 rings (SSSR count). The highest BCUT2D eigenvalue weighted by molar-refractivity contribution is 6.02. The third-order valence-corrected chi connectivity index (χ3v) is 5.94. The van der Waals surface area contributed by atoms with Crippen molar-refractivity contribution in [3.63, 3.8) is 0 Å². The lowest BCUT2D eigenvalue weighted by molar-refractivity contribution is 0.703. The van der Waals surface area contributed by atoms with Gasteiger partial charge >= 0.3 is 11.4 Å². The van der Waals surface area contributed by atoms with Crippen LogP contribution in [-0.4, -0.2) is 49.6 Å². The molecule has 0 N–H and O–H groups in total.